The highest BCUT2D eigenvalue weighted by molar-refractivity contribution is 7.98. The van der Waals surface area contributed by atoms with Gasteiger partial charge in [0.2, 0.25) is 0 Å². The van der Waals surface area contributed by atoms with Gasteiger partial charge >= 0.3 is 0 Å². The highest BCUT2D eigenvalue weighted by atomic mass is 32.2. The summed E-state index contributed by atoms with van der Waals surface area (Å²) in [5.41, 5.74) is 1.57. The van der Waals surface area contributed by atoms with E-state index in [1.807, 2.05) is 36.6 Å². The van der Waals surface area contributed by atoms with E-state index in [4.69, 9.17) is 10.5 Å². The standard InChI is InChI=1S/C20H21N5OS2.C5H10O/c1-27-16-7-5-14(6-8-16)18(21)19(26)25-20-24-13-17(28-20)12-22-11-9-15-4-2-3-10-23-15;6-5-3-1-2-4-5/h2-8,10,13,21-22H,9,11-12H2,1H3,(H,24,25,26);5-6H,1-4H2. The molecular weight excluding hydrogens is 466 g/mol. The summed E-state index contributed by atoms with van der Waals surface area (Å²) in [6, 6.07) is 13.3. The average Bonchev–Trinajstić information content (AvgIpc) is 3.54. The van der Waals surface area contributed by atoms with Gasteiger partial charge in [0.15, 0.2) is 5.13 Å². The fourth-order valence-electron chi connectivity index (χ4n) is 3.37. The summed E-state index contributed by atoms with van der Waals surface area (Å²) >= 11 is 3.03. The highest BCUT2D eigenvalue weighted by Crippen LogP contribution is 2.19. The van der Waals surface area contributed by atoms with Crippen LogP contribution < -0.4 is 10.6 Å². The Morgan fingerprint density at radius 2 is 1.94 bits per heavy atom. The number of thioether (sulfide) groups is 1. The fourth-order valence-corrected chi connectivity index (χ4v) is 4.56. The zero-order valence-corrected chi connectivity index (χ0v) is 20.9. The number of benzene rings is 1. The normalized spacial score (nSPS) is 13.2. The molecule has 0 spiro atoms. The molecule has 2 aromatic heterocycles. The van der Waals surface area contributed by atoms with Crippen LogP contribution in [0.3, 0.4) is 0 Å². The molecule has 180 valence electrons. The second-order valence-electron chi connectivity index (χ2n) is 7.88. The number of anilines is 1. The largest absolute Gasteiger partial charge is 0.393 e. The Morgan fingerprint density at radius 1 is 1.18 bits per heavy atom. The molecule has 4 N–H and O–H groups in total. The number of rotatable bonds is 9. The molecule has 1 amide bonds. The molecule has 7 nitrogen and oxygen atoms in total. The summed E-state index contributed by atoms with van der Waals surface area (Å²) in [6.45, 7) is 1.49. The molecule has 3 aromatic rings. The Bertz CT molecular complexity index is 1030. The highest BCUT2D eigenvalue weighted by Gasteiger charge is 2.14. The first kappa shape index (κ1) is 26.0. The summed E-state index contributed by atoms with van der Waals surface area (Å²) < 4.78 is 0. The van der Waals surface area contributed by atoms with Crippen molar-refractivity contribution in [2.24, 2.45) is 0 Å². The Kier molecular flexibility index (Phi) is 10.7. The molecule has 34 heavy (non-hydrogen) atoms. The van der Waals surface area contributed by atoms with Crippen molar-refractivity contribution in [2.75, 3.05) is 18.1 Å². The zero-order chi connectivity index (χ0) is 24.2. The molecular formula is C25H31N5O2S2. The van der Waals surface area contributed by atoms with Gasteiger partial charge in [-0.2, -0.15) is 0 Å². The Morgan fingerprint density at radius 3 is 2.56 bits per heavy atom. The maximum atomic E-state index is 12.3. The van der Waals surface area contributed by atoms with E-state index < -0.39 is 5.91 Å². The van der Waals surface area contributed by atoms with Gasteiger partial charge in [0.25, 0.3) is 5.91 Å². The van der Waals surface area contributed by atoms with Crippen molar-refractivity contribution in [1.82, 2.24) is 15.3 Å². The van der Waals surface area contributed by atoms with Crippen molar-refractivity contribution in [3.05, 3.63) is 71.0 Å². The van der Waals surface area contributed by atoms with Crippen molar-refractivity contribution in [3.63, 3.8) is 0 Å². The fraction of sp³-hybridized carbons (Fsp3) is 0.360. The van der Waals surface area contributed by atoms with Crippen LogP contribution in [0.1, 0.15) is 41.8 Å². The SMILES string of the molecule is CSc1ccc(C(=N)C(=O)Nc2ncc(CNCCc3ccccn3)s2)cc1.OC1CCCC1. The molecule has 0 saturated heterocycles. The van der Waals surface area contributed by atoms with Crippen LogP contribution in [0, 0.1) is 5.41 Å². The van der Waals surface area contributed by atoms with Gasteiger partial charge in [0.1, 0.15) is 5.71 Å². The molecule has 0 radical (unpaired) electrons. The third kappa shape index (κ3) is 8.64. The third-order valence-electron chi connectivity index (χ3n) is 5.29. The van der Waals surface area contributed by atoms with Crippen molar-refractivity contribution in [1.29, 1.82) is 5.41 Å². The number of nitrogens with one attached hydrogen (secondary N) is 3. The van der Waals surface area contributed by atoms with Crippen molar-refractivity contribution in [2.45, 2.75) is 49.6 Å². The minimum absolute atomic E-state index is 0.0463. The summed E-state index contributed by atoms with van der Waals surface area (Å²) in [4.78, 5) is 22.9. The molecule has 2 heterocycles. The molecule has 1 aliphatic rings. The minimum Gasteiger partial charge on any atom is -0.393 e. The van der Waals surface area contributed by atoms with Gasteiger partial charge in [-0.3, -0.25) is 20.5 Å². The molecule has 1 saturated carbocycles. The topological polar surface area (TPSA) is 111 Å². The van der Waals surface area contributed by atoms with Crippen molar-refractivity contribution >= 4 is 39.8 Å². The van der Waals surface area contributed by atoms with Crippen LogP contribution in [-0.4, -0.2) is 45.6 Å². The van der Waals surface area contributed by atoms with Gasteiger partial charge < -0.3 is 10.4 Å². The first-order chi connectivity index (χ1) is 16.5. The summed E-state index contributed by atoms with van der Waals surface area (Å²) in [6.07, 6.45) is 11.0. The Hall–Kier alpha value is -2.59. The predicted molar refractivity (Wildman–Crippen MR) is 140 cm³/mol. The van der Waals surface area contributed by atoms with Gasteiger partial charge in [-0.1, -0.05) is 31.0 Å². The number of aromatic nitrogens is 2. The molecule has 1 aliphatic carbocycles. The van der Waals surface area contributed by atoms with E-state index in [-0.39, 0.29) is 11.8 Å². The van der Waals surface area contributed by atoms with E-state index in [1.54, 1.807) is 36.3 Å². The van der Waals surface area contributed by atoms with Crippen LogP contribution in [0.5, 0.6) is 0 Å². The molecule has 1 fully saturated rings. The van der Waals surface area contributed by atoms with Crippen LogP contribution in [0.15, 0.2) is 59.8 Å². The van der Waals surface area contributed by atoms with Gasteiger partial charge in [-0.15, -0.1) is 23.1 Å². The van der Waals surface area contributed by atoms with E-state index in [9.17, 15) is 4.79 Å². The number of hydrogen-bond donors (Lipinski definition) is 4. The summed E-state index contributed by atoms with van der Waals surface area (Å²) in [7, 11) is 0. The molecule has 4 rings (SSSR count). The number of thiazole rings is 1. The lowest BCUT2D eigenvalue weighted by Crippen LogP contribution is -2.22. The second kappa shape index (κ2) is 14.0. The van der Waals surface area contributed by atoms with Crippen LogP contribution in [-0.2, 0) is 17.8 Å². The minimum atomic E-state index is -0.457. The molecule has 0 atom stereocenters. The van der Waals surface area contributed by atoms with E-state index in [2.05, 4.69) is 20.6 Å². The third-order valence-corrected chi connectivity index (χ3v) is 6.94. The maximum absolute atomic E-state index is 12.3. The number of carbonyl (C=O) groups excluding carboxylic acids is 1. The van der Waals surface area contributed by atoms with Crippen LogP contribution in [0.2, 0.25) is 0 Å². The number of aliphatic hydroxyl groups excluding tert-OH is 1. The number of amides is 1. The van der Waals surface area contributed by atoms with Crippen LogP contribution in [0.4, 0.5) is 5.13 Å². The van der Waals surface area contributed by atoms with Crippen molar-refractivity contribution in [3.8, 4) is 0 Å². The molecule has 0 aliphatic heterocycles. The first-order valence-corrected chi connectivity index (χ1v) is 13.4. The second-order valence-corrected chi connectivity index (χ2v) is 9.87. The molecule has 1 aromatic carbocycles. The lowest BCUT2D eigenvalue weighted by molar-refractivity contribution is -0.110. The van der Waals surface area contributed by atoms with Crippen molar-refractivity contribution < 1.29 is 9.90 Å². The molecule has 9 heteroatoms. The maximum Gasteiger partial charge on any atom is 0.275 e. The lowest BCUT2D eigenvalue weighted by Gasteiger charge is -2.05. The van der Waals surface area contributed by atoms with E-state index in [0.717, 1.165) is 41.3 Å². The number of aliphatic hydroxyl groups is 1. The van der Waals surface area contributed by atoms with E-state index in [1.165, 1.54) is 24.2 Å². The van der Waals surface area contributed by atoms with Gasteiger partial charge in [0, 0.05) is 52.9 Å². The Labute approximate surface area is 209 Å². The number of nitrogens with zero attached hydrogens (tertiary/aromatic N) is 2. The van der Waals surface area contributed by atoms with E-state index in [0.29, 0.717) is 17.2 Å². The zero-order valence-electron chi connectivity index (χ0n) is 19.3. The quantitative estimate of drug-likeness (QED) is 0.197. The van der Waals surface area contributed by atoms with Gasteiger partial charge in [-0.25, -0.2) is 4.98 Å². The van der Waals surface area contributed by atoms with Crippen LogP contribution >= 0.6 is 23.1 Å². The average molecular weight is 498 g/mol. The van der Waals surface area contributed by atoms with Gasteiger partial charge in [-0.05, 0) is 43.4 Å². The predicted octanol–water partition coefficient (Wildman–Crippen LogP) is 4.52. The number of pyridine rings is 1. The van der Waals surface area contributed by atoms with Crippen LogP contribution in [0.25, 0.3) is 0 Å². The number of carbonyl (C=O) groups is 1. The smallest absolute Gasteiger partial charge is 0.275 e. The summed E-state index contributed by atoms with van der Waals surface area (Å²) in [5, 5.41) is 23.4. The monoisotopic (exact) mass is 497 g/mol. The number of hydrogen-bond acceptors (Lipinski definition) is 8. The van der Waals surface area contributed by atoms with Gasteiger partial charge in [0.05, 0.1) is 6.10 Å². The first-order valence-electron chi connectivity index (χ1n) is 11.3. The summed E-state index contributed by atoms with van der Waals surface area (Å²) in [5.74, 6) is -0.457. The van der Waals surface area contributed by atoms with E-state index >= 15 is 0 Å². The molecule has 0 unspecified atom stereocenters. The Balaban J connectivity index is 0.000000469. The molecule has 0 bridgehead atoms. The lowest BCUT2D eigenvalue weighted by atomic mass is 10.1.